The highest BCUT2D eigenvalue weighted by Crippen LogP contribution is 2.43. The van der Waals surface area contributed by atoms with Gasteiger partial charge < -0.3 is 4.57 Å². The molecule has 2 heterocycles. The monoisotopic (exact) mass is 792 g/mol. The maximum atomic E-state index is 15.0. The molecule has 1 aromatic heterocycles. The Kier molecular flexibility index (Phi) is 8.82. The Hall–Kier alpha value is -9.34. The Bertz CT molecular complexity index is 3370. The summed E-state index contributed by atoms with van der Waals surface area (Å²) in [6.07, 6.45) is 0. The number of benzene rings is 8. The van der Waals surface area contributed by atoms with Gasteiger partial charge in [-0.2, -0.15) is 10.5 Å². The Morgan fingerprint density at radius 3 is 1.71 bits per heavy atom. The van der Waals surface area contributed by atoms with Crippen molar-refractivity contribution in [3.05, 3.63) is 215 Å². The van der Waals surface area contributed by atoms with E-state index in [-0.39, 0.29) is 11.1 Å². The predicted molar refractivity (Wildman–Crippen MR) is 242 cm³/mol. The number of hydrogen-bond acceptors (Lipinski definition) is 4. The summed E-state index contributed by atoms with van der Waals surface area (Å²) in [7, 11) is 0. The molecule has 62 heavy (non-hydrogen) atoms. The SMILES string of the molecule is [C-]#[N+]c1ccc(-c2ccc3c(c2)c2cc(-c4ccc(C#N)cc4[N+]#[C-])ccc2n3-c2cccc3c2C(=O)N(c2cc(-c4ccccc4)cc(-c4ccccc4)c2)C3=O)c(C#N)c1. The first-order chi connectivity index (χ1) is 30.4. The van der Waals surface area contributed by atoms with E-state index in [4.69, 9.17) is 13.1 Å². The third kappa shape index (κ3) is 5.97. The first-order valence-electron chi connectivity index (χ1n) is 19.6. The van der Waals surface area contributed by atoms with E-state index in [9.17, 15) is 15.3 Å². The lowest BCUT2D eigenvalue weighted by Gasteiger charge is -2.18. The van der Waals surface area contributed by atoms with Gasteiger partial charge in [0, 0.05) is 21.9 Å². The van der Waals surface area contributed by atoms with Crippen LogP contribution in [0.2, 0.25) is 0 Å². The zero-order valence-electron chi connectivity index (χ0n) is 32.7. The molecule has 2 amide bonds. The van der Waals surface area contributed by atoms with Crippen LogP contribution in [0.1, 0.15) is 31.8 Å². The molecule has 0 fully saturated rings. The van der Waals surface area contributed by atoms with Crippen LogP contribution in [0.5, 0.6) is 0 Å². The van der Waals surface area contributed by atoms with Crippen molar-refractivity contribution in [2.75, 3.05) is 4.90 Å². The van der Waals surface area contributed by atoms with Gasteiger partial charge in [-0.25, -0.2) is 14.6 Å². The Labute approximate surface area is 356 Å². The Balaban J connectivity index is 1.18. The number of aromatic nitrogens is 1. The predicted octanol–water partition coefficient (Wildman–Crippen LogP) is 13.1. The molecule has 9 aromatic rings. The molecular formula is C54H28N6O2. The molecule has 0 saturated heterocycles. The number of imide groups is 1. The molecule has 0 spiro atoms. The smallest absolute Gasteiger partial charge is 0.268 e. The van der Waals surface area contributed by atoms with E-state index < -0.39 is 11.8 Å². The van der Waals surface area contributed by atoms with Crippen molar-refractivity contribution in [2.45, 2.75) is 0 Å². The van der Waals surface area contributed by atoms with Crippen molar-refractivity contribution in [1.29, 1.82) is 10.5 Å². The molecule has 286 valence electrons. The van der Waals surface area contributed by atoms with Crippen molar-refractivity contribution >= 4 is 50.7 Å². The molecule has 1 aliphatic heterocycles. The quantitative estimate of drug-likeness (QED) is 0.124. The summed E-state index contributed by atoms with van der Waals surface area (Å²) < 4.78 is 1.99. The summed E-state index contributed by atoms with van der Waals surface area (Å²) in [6, 6.07) is 57.0. The molecule has 0 atom stereocenters. The number of amides is 2. The van der Waals surface area contributed by atoms with Crippen molar-refractivity contribution in [1.82, 2.24) is 4.57 Å². The highest BCUT2D eigenvalue weighted by molar-refractivity contribution is 6.36. The van der Waals surface area contributed by atoms with Gasteiger partial charge in [0.15, 0.2) is 11.4 Å². The van der Waals surface area contributed by atoms with Gasteiger partial charge in [-0.3, -0.25) is 9.59 Å². The number of anilines is 1. The van der Waals surface area contributed by atoms with E-state index in [1.165, 1.54) is 4.90 Å². The summed E-state index contributed by atoms with van der Waals surface area (Å²) in [4.78, 5) is 38.1. The first-order valence-corrected chi connectivity index (χ1v) is 19.6. The molecule has 8 nitrogen and oxygen atoms in total. The van der Waals surface area contributed by atoms with Crippen molar-refractivity contribution < 1.29 is 9.59 Å². The van der Waals surface area contributed by atoms with Crippen LogP contribution in [-0.2, 0) is 0 Å². The molecule has 0 bridgehead atoms. The second kappa shape index (κ2) is 14.8. The van der Waals surface area contributed by atoms with E-state index in [2.05, 4.69) is 27.9 Å². The van der Waals surface area contributed by atoms with E-state index in [0.29, 0.717) is 45.0 Å². The maximum Gasteiger partial charge on any atom is 0.268 e. The van der Waals surface area contributed by atoms with Crippen LogP contribution >= 0.6 is 0 Å². The largest absolute Gasteiger partial charge is 0.308 e. The second-order valence-corrected chi connectivity index (χ2v) is 14.9. The highest BCUT2D eigenvalue weighted by Gasteiger charge is 2.40. The van der Waals surface area contributed by atoms with Gasteiger partial charge in [-0.15, -0.1) is 0 Å². The molecule has 8 aromatic carbocycles. The molecule has 0 radical (unpaired) electrons. The first kappa shape index (κ1) is 37.0. The zero-order valence-corrected chi connectivity index (χ0v) is 32.7. The van der Waals surface area contributed by atoms with Crippen LogP contribution in [-0.4, -0.2) is 16.4 Å². The minimum absolute atomic E-state index is 0.264. The summed E-state index contributed by atoms with van der Waals surface area (Å²) in [5.41, 5.74) is 10.9. The van der Waals surface area contributed by atoms with Crippen molar-refractivity contribution in [3.63, 3.8) is 0 Å². The average Bonchev–Trinajstić information content (AvgIpc) is 3.80. The number of nitriles is 2. The second-order valence-electron chi connectivity index (χ2n) is 14.9. The number of carbonyl (C=O) groups excluding carboxylic acids is 2. The van der Waals surface area contributed by atoms with E-state index in [1.807, 2.05) is 120 Å². The lowest BCUT2D eigenvalue weighted by atomic mass is 9.97. The molecular weight excluding hydrogens is 765 g/mol. The number of carbonyl (C=O) groups is 2. The summed E-state index contributed by atoms with van der Waals surface area (Å²) in [5.74, 6) is -0.883. The number of rotatable bonds is 6. The van der Waals surface area contributed by atoms with Crippen LogP contribution in [0.3, 0.4) is 0 Å². The lowest BCUT2D eigenvalue weighted by Crippen LogP contribution is -2.29. The Morgan fingerprint density at radius 2 is 1.11 bits per heavy atom. The Morgan fingerprint density at radius 1 is 0.484 bits per heavy atom. The standard InChI is InChI=1S/C54H28N6O2/c1-57-41-19-21-43(40(26-41)32-56)36-17-22-49-46(29-36)47-30-37(44-20-16-33(31-55)24-48(44)58-2)18-23-50(47)60(49)51-15-9-14-45-52(51)54(62)59(53(45)61)42-27-38(34-10-5-3-6-11-34)25-39(28-42)35-12-7-4-8-13-35/h3-30H. The lowest BCUT2D eigenvalue weighted by molar-refractivity contribution is 0.0926. The fourth-order valence-corrected chi connectivity index (χ4v) is 8.52. The average molecular weight is 793 g/mol. The number of fused-ring (bicyclic) bond motifs is 4. The van der Waals surface area contributed by atoms with Crippen molar-refractivity contribution in [2.24, 2.45) is 0 Å². The minimum Gasteiger partial charge on any atom is -0.308 e. The van der Waals surface area contributed by atoms with Gasteiger partial charge in [-0.05, 0) is 117 Å². The van der Waals surface area contributed by atoms with Crippen LogP contribution < -0.4 is 4.90 Å². The molecule has 0 unspecified atom stereocenters. The molecule has 0 N–H and O–H groups in total. The minimum atomic E-state index is -0.453. The fraction of sp³-hybridized carbons (Fsp3) is 0. The number of hydrogen-bond donors (Lipinski definition) is 0. The molecule has 8 heteroatoms. The fourth-order valence-electron chi connectivity index (χ4n) is 8.52. The summed E-state index contributed by atoms with van der Waals surface area (Å²) in [6.45, 7) is 15.4. The summed E-state index contributed by atoms with van der Waals surface area (Å²) in [5, 5.41) is 21.2. The van der Waals surface area contributed by atoms with E-state index >= 15 is 4.79 Å². The van der Waals surface area contributed by atoms with Crippen LogP contribution in [0.25, 0.3) is 81.7 Å². The van der Waals surface area contributed by atoms with Gasteiger partial charge in [0.2, 0.25) is 0 Å². The third-order valence-electron chi connectivity index (χ3n) is 11.4. The highest BCUT2D eigenvalue weighted by atomic mass is 16.2. The molecule has 1 aliphatic rings. The topological polar surface area (TPSA) is 98.6 Å². The van der Waals surface area contributed by atoms with Gasteiger partial charge >= 0.3 is 0 Å². The molecule has 10 rings (SSSR count). The van der Waals surface area contributed by atoms with Crippen LogP contribution in [0.4, 0.5) is 17.1 Å². The third-order valence-corrected chi connectivity index (χ3v) is 11.4. The normalized spacial score (nSPS) is 11.8. The molecule has 0 aliphatic carbocycles. The van der Waals surface area contributed by atoms with Crippen LogP contribution in [0.15, 0.2) is 170 Å². The maximum absolute atomic E-state index is 15.0. The zero-order chi connectivity index (χ0) is 42.5. The van der Waals surface area contributed by atoms with E-state index in [0.717, 1.165) is 55.2 Å². The van der Waals surface area contributed by atoms with Gasteiger partial charge in [-0.1, -0.05) is 97.1 Å². The van der Waals surface area contributed by atoms with Gasteiger partial charge in [0.05, 0.1) is 58.8 Å². The molecule has 0 saturated carbocycles. The van der Waals surface area contributed by atoms with Gasteiger partial charge in [0.25, 0.3) is 11.8 Å². The van der Waals surface area contributed by atoms with Crippen LogP contribution in [0, 0.1) is 35.8 Å². The van der Waals surface area contributed by atoms with Crippen molar-refractivity contribution in [3.8, 4) is 62.3 Å². The number of nitrogens with zero attached hydrogens (tertiary/aromatic N) is 6. The van der Waals surface area contributed by atoms with E-state index in [1.54, 1.807) is 48.5 Å². The van der Waals surface area contributed by atoms with Gasteiger partial charge in [0.1, 0.15) is 0 Å². The summed E-state index contributed by atoms with van der Waals surface area (Å²) >= 11 is 0.